The second-order valence-electron chi connectivity index (χ2n) is 5.64. The number of aromatic nitrogens is 2. The van der Waals surface area contributed by atoms with E-state index in [-0.39, 0.29) is 5.57 Å². The summed E-state index contributed by atoms with van der Waals surface area (Å²) in [5, 5.41) is 13.0. The highest BCUT2D eigenvalue weighted by molar-refractivity contribution is 6.10. The average molecular weight is 316 g/mol. The van der Waals surface area contributed by atoms with E-state index in [0.717, 1.165) is 27.7 Å². The molecule has 118 valence electrons. The fourth-order valence-electron chi connectivity index (χ4n) is 2.65. The van der Waals surface area contributed by atoms with Crippen LogP contribution in [0.15, 0.2) is 48.3 Å². The maximum atomic E-state index is 12.4. The molecule has 2 heterocycles. The fourth-order valence-corrected chi connectivity index (χ4v) is 2.65. The molecule has 5 nitrogen and oxygen atoms in total. The number of nitrogens with one attached hydrogen (secondary N) is 2. The van der Waals surface area contributed by atoms with E-state index in [9.17, 15) is 10.1 Å². The number of hydrogen-bond donors (Lipinski definition) is 2. The second-order valence-corrected chi connectivity index (χ2v) is 5.64. The van der Waals surface area contributed by atoms with Gasteiger partial charge in [-0.1, -0.05) is 6.07 Å². The van der Waals surface area contributed by atoms with E-state index in [1.54, 1.807) is 18.5 Å². The Labute approximate surface area is 139 Å². The highest BCUT2D eigenvalue weighted by atomic mass is 16.1. The second kappa shape index (κ2) is 6.39. The Morgan fingerprint density at radius 1 is 1.29 bits per heavy atom. The van der Waals surface area contributed by atoms with Crippen molar-refractivity contribution >= 4 is 28.7 Å². The Morgan fingerprint density at radius 2 is 2.04 bits per heavy atom. The minimum absolute atomic E-state index is 0.0407. The van der Waals surface area contributed by atoms with Gasteiger partial charge in [-0.2, -0.15) is 5.26 Å². The number of rotatable bonds is 3. The summed E-state index contributed by atoms with van der Waals surface area (Å²) in [4.78, 5) is 19.6. The Morgan fingerprint density at radius 3 is 2.75 bits per heavy atom. The quantitative estimate of drug-likeness (QED) is 0.570. The van der Waals surface area contributed by atoms with Gasteiger partial charge in [0.1, 0.15) is 17.3 Å². The number of hydrogen-bond acceptors (Lipinski definition) is 3. The molecule has 0 radical (unpaired) electrons. The third kappa shape index (κ3) is 3.18. The van der Waals surface area contributed by atoms with Gasteiger partial charge in [0.15, 0.2) is 0 Å². The summed E-state index contributed by atoms with van der Waals surface area (Å²) in [6.07, 6.45) is 4.99. The van der Waals surface area contributed by atoms with Gasteiger partial charge >= 0.3 is 0 Å². The molecule has 2 aromatic heterocycles. The lowest BCUT2D eigenvalue weighted by Gasteiger charge is -2.06. The van der Waals surface area contributed by atoms with E-state index < -0.39 is 5.91 Å². The Kier molecular flexibility index (Phi) is 4.13. The summed E-state index contributed by atoms with van der Waals surface area (Å²) in [5.74, 6) is -0.430. The molecule has 0 aliphatic carbocycles. The van der Waals surface area contributed by atoms with Gasteiger partial charge in [-0.3, -0.25) is 4.79 Å². The van der Waals surface area contributed by atoms with Crippen molar-refractivity contribution in [2.75, 3.05) is 5.32 Å². The number of anilines is 1. The van der Waals surface area contributed by atoms with Crippen molar-refractivity contribution in [1.29, 1.82) is 5.26 Å². The molecule has 0 aliphatic heterocycles. The summed E-state index contributed by atoms with van der Waals surface area (Å²) in [7, 11) is 0. The first-order chi connectivity index (χ1) is 11.6. The lowest BCUT2D eigenvalue weighted by atomic mass is 10.1. The van der Waals surface area contributed by atoms with Crippen LogP contribution in [0.1, 0.15) is 16.7 Å². The molecule has 1 amide bonds. The molecule has 3 rings (SSSR count). The monoisotopic (exact) mass is 316 g/mol. The number of aromatic amines is 1. The van der Waals surface area contributed by atoms with Crippen LogP contribution >= 0.6 is 0 Å². The van der Waals surface area contributed by atoms with Crippen molar-refractivity contribution in [3.05, 3.63) is 65.0 Å². The molecule has 0 saturated heterocycles. The molecule has 5 heteroatoms. The van der Waals surface area contributed by atoms with Crippen LogP contribution < -0.4 is 5.32 Å². The zero-order chi connectivity index (χ0) is 17.1. The molecule has 2 N–H and O–H groups in total. The number of aryl methyl sites for hydroxylation is 2. The molecule has 0 bridgehead atoms. The van der Waals surface area contributed by atoms with Crippen molar-refractivity contribution in [2.24, 2.45) is 0 Å². The molecule has 0 unspecified atom stereocenters. The van der Waals surface area contributed by atoms with Crippen LogP contribution in [0.25, 0.3) is 17.1 Å². The Balaban J connectivity index is 1.90. The van der Waals surface area contributed by atoms with Crippen molar-refractivity contribution in [2.45, 2.75) is 13.8 Å². The lowest BCUT2D eigenvalue weighted by molar-refractivity contribution is -0.112. The minimum Gasteiger partial charge on any atom is -0.346 e. The normalized spacial score (nSPS) is 11.3. The third-order valence-electron chi connectivity index (χ3n) is 3.63. The highest BCUT2D eigenvalue weighted by Gasteiger charge is 2.11. The average Bonchev–Trinajstić information content (AvgIpc) is 2.94. The highest BCUT2D eigenvalue weighted by Crippen LogP contribution is 2.20. The van der Waals surface area contributed by atoms with Gasteiger partial charge in [-0.05, 0) is 55.3 Å². The van der Waals surface area contributed by atoms with Crippen LogP contribution in [0.3, 0.4) is 0 Å². The van der Waals surface area contributed by atoms with Crippen LogP contribution in [-0.2, 0) is 4.79 Å². The number of H-pyrrole nitrogens is 1. The van der Waals surface area contributed by atoms with Gasteiger partial charge in [0.25, 0.3) is 5.91 Å². The molecule has 0 saturated carbocycles. The Hall–Kier alpha value is -3.39. The molecular weight excluding hydrogens is 300 g/mol. The number of nitrogens with zero attached hydrogens (tertiary/aromatic N) is 2. The predicted octanol–water partition coefficient (Wildman–Crippen LogP) is 3.73. The van der Waals surface area contributed by atoms with Gasteiger partial charge in [-0.15, -0.1) is 0 Å². The molecular formula is C19H16N4O. The minimum atomic E-state index is -0.430. The lowest BCUT2D eigenvalue weighted by Crippen LogP contribution is -2.13. The first-order valence-electron chi connectivity index (χ1n) is 7.50. The number of fused-ring (bicyclic) bond motifs is 1. The number of benzene rings is 1. The first kappa shape index (κ1) is 15.5. The van der Waals surface area contributed by atoms with E-state index in [4.69, 9.17) is 0 Å². The summed E-state index contributed by atoms with van der Waals surface area (Å²) in [6, 6.07) is 11.4. The molecule has 3 aromatic rings. The largest absolute Gasteiger partial charge is 0.346 e. The van der Waals surface area contributed by atoms with Gasteiger partial charge in [0, 0.05) is 29.0 Å². The van der Waals surface area contributed by atoms with Gasteiger partial charge in [0.05, 0.1) is 0 Å². The zero-order valence-electron chi connectivity index (χ0n) is 13.4. The van der Waals surface area contributed by atoms with E-state index in [2.05, 4.69) is 15.3 Å². The van der Waals surface area contributed by atoms with Gasteiger partial charge < -0.3 is 10.3 Å². The molecule has 1 aromatic carbocycles. The van der Waals surface area contributed by atoms with E-state index in [1.165, 1.54) is 0 Å². The maximum absolute atomic E-state index is 12.4. The summed E-state index contributed by atoms with van der Waals surface area (Å²) in [6.45, 7) is 3.92. The van der Waals surface area contributed by atoms with E-state index in [1.807, 2.05) is 50.2 Å². The number of carbonyl (C=O) groups is 1. The Bertz CT molecular complexity index is 972. The molecule has 0 atom stereocenters. The number of pyridine rings is 1. The van der Waals surface area contributed by atoms with E-state index >= 15 is 0 Å². The summed E-state index contributed by atoms with van der Waals surface area (Å²) in [5.41, 5.74) is 4.30. The van der Waals surface area contributed by atoms with Crippen LogP contribution in [0.2, 0.25) is 0 Å². The van der Waals surface area contributed by atoms with Crippen LogP contribution in [0, 0.1) is 25.2 Å². The van der Waals surface area contributed by atoms with Crippen molar-refractivity contribution < 1.29 is 4.79 Å². The van der Waals surface area contributed by atoms with Gasteiger partial charge in [0.2, 0.25) is 0 Å². The van der Waals surface area contributed by atoms with Crippen LogP contribution in [-0.4, -0.2) is 15.9 Å². The predicted molar refractivity (Wildman–Crippen MR) is 94.2 cm³/mol. The zero-order valence-corrected chi connectivity index (χ0v) is 13.4. The maximum Gasteiger partial charge on any atom is 0.266 e. The first-order valence-corrected chi connectivity index (χ1v) is 7.50. The van der Waals surface area contributed by atoms with E-state index in [0.29, 0.717) is 5.69 Å². The summed E-state index contributed by atoms with van der Waals surface area (Å²) < 4.78 is 0. The van der Waals surface area contributed by atoms with Crippen molar-refractivity contribution in [3.63, 3.8) is 0 Å². The van der Waals surface area contributed by atoms with Crippen LogP contribution in [0.5, 0.6) is 0 Å². The smallest absolute Gasteiger partial charge is 0.266 e. The standard InChI is InChI=1S/C19H16N4O/c1-12-6-13(2)8-16(7-12)23-19(24)14(10-20)9-15-11-22-18-17(15)4-3-5-21-18/h3-9,11H,1-2H3,(H,21,22)(H,23,24)/b14-9+. The number of carbonyl (C=O) groups excluding carboxylic acids is 1. The van der Waals surface area contributed by atoms with Crippen LogP contribution in [0.4, 0.5) is 5.69 Å². The molecule has 0 aliphatic rings. The summed E-state index contributed by atoms with van der Waals surface area (Å²) >= 11 is 0. The van der Waals surface area contributed by atoms with Gasteiger partial charge in [-0.25, -0.2) is 4.98 Å². The topological polar surface area (TPSA) is 81.6 Å². The molecule has 0 fully saturated rings. The van der Waals surface area contributed by atoms with Crippen molar-refractivity contribution in [1.82, 2.24) is 9.97 Å². The number of nitriles is 1. The third-order valence-corrected chi connectivity index (χ3v) is 3.63. The fraction of sp³-hybridized carbons (Fsp3) is 0.105. The SMILES string of the molecule is Cc1cc(C)cc(NC(=O)/C(C#N)=C/c2c[nH]c3ncccc23)c1. The van der Waals surface area contributed by atoms with Crippen molar-refractivity contribution in [3.8, 4) is 6.07 Å². The molecule has 24 heavy (non-hydrogen) atoms. The molecule has 0 spiro atoms. The number of amides is 1.